The van der Waals surface area contributed by atoms with Gasteiger partial charge < -0.3 is 19.5 Å². The van der Waals surface area contributed by atoms with Gasteiger partial charge in [-0.2, -0.15) is 0 Å². The van der Waals surface area contributed by atoms with Crippen molar-refractivity contribution in [2.45, 2.75) is 26.8 Å². The van der Waals surface area contributed by atoms with E-state index < -0.39 is 0 Å². The zero-order valence-corrected chi connectivity index (χ0v) is 17.7. The standard InChI is InChI=1S/C18H30N2O3.2ClH/c1-18(2,3)17(20-9-7-19-8-10-20)16-14(22-5)11-13(21-4)12-15(16)23-6;;/h11-12,17,19H,7-10H2,1-6H3;2*1H/t17-;;/m1../s1. The summed E-state index contributed by atoms with van der Waals surface area (Å²) in [5.74, 6) is 2.38. The quantitative estimate of drug-likeness (QED) is 0.826. The molecule has 0 aromatic heterocycles. The first-order valence-electron chi connectivity index (χ1n) is 8.17. The first-order valence-corrected chi connectivity index (χ1v) is 8.17. The summed E-state index contributed by atoms with van der Waals surface area (Å²) < 4.78 is 16.8. The predicted octanol–water partition coefficient (Wildman–Crippen LogP) is 3.55. The van der Waals surface area contributed by atoms with Gasteiger partial charge in [-0.15, -0.1) is 24.8 Å². The van der Waals surface area contributed by atoms with Crippen LogP contribution in [0.15, 0.2) is 12.1 Å². The molecule has 146 valence electrons. The van der Waals surface area contributed by atoms with Crippen LogP contribution in [0.1, 0.15) is 32.4 Å². The minimum Gasteiger partial charge on any atom is -0.496 e. The first-order chi connectivity index (χ1) is 10.9. The van der Waals surface area contributed by atoms with Crippen molar-refractivity contribution in [1.29, 1.82) is 0 Å². The van der Waals surface area contributed by atoms with E-state index in [0.29, 0.717) is 0 Å². The van der Waals surface area contributed by atoms with E-state index in [1.54, 1.807) is 21.3 Å². The SMILES string of the molecule is COc1cc(OC)c([C@@H](N2CCNCC2)C(C)(C)C)c(OC)c1.Cl.Cl. The van der Waals surface area contributed by atoms with Crippen molar-refractivity contribution < 1.29 is 14.2 Å². The molecular weight excluding hydrogens is 363 g/mol. The number of hydrogen-bond acceptors (Lipinski definition) is 5. The van der Waals surface area contributed by atoms with E-state index in [1.165, 1.54) is 0 Å². The molecule has 1 N–H and O–H groups in total. The predicted molar refractivity (Wildman–Crippen MR) is 107 cm³/mol. The van der Waals surface area contributed by atoms with Crippen LogP contribution >= 0.6 is 24.8 Å². The van der Waals surface area contributed by atoms with Crippen LogP contribution in [0, 0.1) is 5.41 Å². The Morgan fingerprint density at radius 2 is 1.40 bits per heavy atom. The Morgan fingerprint density at radius 1 is 0.920 bits per heavy atom. The van der Waals surface area contributed by atoms with E-state index >= 15 is 0 Å². The van der Waals surface area contributed by atoms with Crippen molar-refractivity contribution in [2.24, 2.45) is 5.41 Å². The van der Waals surface area contributed by atoms with E-state index in [1.807, 2.05) is 12.1 Å². The normalized spacial score (nSPS) is 16.2. The highest BCUT2D eigenvalue weighted by atomic mass is 35.5. The Hall–Kier alpha value is -0.880. The fourth-order valence-corrected chi connectivity index (χ4v) is 3.41. The maximum absolute atomic E-state index is 5.69. The summed E-state index contributed by atoms with van der Waals surface area (Å²) in [4.78, 5) is 2.52. The molecule has 7 heteroatoms. The lowest BCUT2D eigenvalue weighted by atomic mass is 9.80. The van der Waals surface area contributed by atoms with Gasteiger partial charge >= 0.3 is 0 Å². The van der Waals surface area contributed by atoms with Crippen molar-refractivity contribution in [3.63, 3.8) is 0 Å². The second kappa shape index (κ2) is 10.3. The van der Waals surface area contributed by atoms with Crippen LogP contribution in [0.4, 0.5) is 0 Å². The van der Waals surface area contributed by atoms with Crippen molar-refractivity contribution >= 4 is 24.8 Å². The van der Waals surface area contributed by atoms with Gasteiger partial charge in [0, 0.05) is 44.4 Å². The molecule has 0 bridgehead atoms. The second-order valence-electron chi connectivity index (χ2n) is 7.00. The molecule has 0 aliphatic carbocycles. The molecule has 1 aromatic carbocycles. The molecule has 0 amide bonds. The van der Waals surface area contributed by atoms with Gasteiger partial charge in [-0.1, -0.05) is 20.8 Å². The second-order valence-corrected chi connectivity index (χ2v) is 7.00. The molecule has 2 rings (SSSR count). The monoisotopic (exact) mass is 394 g/mol. The lowest BCUT2D eigenvalue weighted by Gasteiger charge is -2.43. The van der Waals surface area contributed by atoms with Crippen LogP contribution in [0.25, 0.3) is 0 Å². The minimum atomic E-state index is 0. The summed E-state index contributed by atoms with van der Waals surface area (Å²) >= 11 is 0. The number of ether oxygens (including phenoxy) is 3. The highest BCUT2D eigenvalue weighted by Crippen LogP contribution is 2.47. The molecule has 1 aliphatic rings. The largest absolute Gasteiger partial charge is 0.496 e. The van der Waals surface area contributed by atoms with Crippen LogP contribution in [0.5, 0.6) is 17.2 Å². The molecule has 1 heterocycles. The molecule has 1 aromatic rings. The third-order valence-electron chi connectivity index (χ3n) is 4.36. The zero-order chi connectivity index (χ0) is 17.0. The molecule has 0 spiro atoms. The molecule has 1 atom stereocenters. The Balaban J connectivity index is 0.00000288. The van der Waals surface area contributed by atoms with E-state index in [2.05, 4.69) is 31.0 Å². The average Bonchev–Trinajstić information content (AvgIpc) is 2.54. The molecule has 0 unspecified atom stereocenters. The number of benzene rings is 1. The van der Waals surface area contributed by atoms with Crippen LogP contribution in [0.2, 0.25) is 0 Å². The molecule has 1 saturated heterocycles. The molecule has 1 fully saturated rings. The van der Waals surface area contributed by atoms with Gasteiger partial charge in [-0.05, 0) is 5.41 Å². The molecule has 5 nitrogen and oxygen atoms in total. The van der Waals surface area contributed by atoms with Gasteiger partial charge in [0.2, 0.25) is 0 Å². The van der Waals surface area contributed by atoms with Crippen LogP contribution < -0.4 is 19.5 Å². The van der Waals surface area contributed by atoms with Gasteiger partial charge in [0.05, 0.1) is 26.9 Å². The molecule has 25 heavy (non-hydrogen) atoms. The first kappa shape index (κ1) is 24.1. The third-order valence-corrected chi connectivity index (χ3v) is 4.36. The molecule has 1 aliphatic heterocycles. The van der Waals surface area contributed by atoms with E-state index in [0.717, 1.165) is 49.0 Å². The van der Waals surface area contributed by atoms with Gasteiger partial charge in [0.15, 0.2) is 0 Å². The number of halogens is 2. The number of nitrogens with one attached hydrogen (secondary N) is 1. The van der Waals surface area contributed by atoms with E-state index in [4.69, 9.17) is 14.2 Å². The molecular formula is C18H32Cl2N2O3. The Kier molecular flexibility index (Phi) is 9.95. The lowest BCUT2D eigenvalue weighted by Crippen LogP contribution is -2.48. The summed E-state index contributed by atoms with van der Waals surface area (Å²) in [5, 5.41) is 3.42. The zero-order valence-electron chi connectivity index (χ0n) is 16.0. The van der Waals surface area contributed by atoms with Crippen LogP contribution in [-0.4, -0.2) is 52.4 Å². The number of hydrogen-bond donors (Lipinski definition) is 1. The number of nitrogens with zero attached hydrogens (tertiary/aromatic N) is 1. The fraction of sp³-hybridized carbons (Fsp3) is 0.667. The highest BCUT2D eigenvalue weighted by molar-refractivity contribution is 5.85. The van der Waals surface area contributed by atoms with Crippen molar-refractivity contribution in [2.75, 3.05) is 47.5 Å². The smallest absolute Gasteiger partial charge is 0.131 e. The summed E-state index contributed by atoms with van der Waals surface area (Å²) in [6.45, 7) is 10.8. The maximum atomic E-state index is 5.69. The topological polar surface area (TPSA) is 43.0 Å². The van der Waals surface area contributed by atoms with Crippen LogP contribution in [-0.2, 0) is 0 Å². The third kappa shape index (κ3) is 5.55. The summed E-state index contributed by atoms with van der Waals surface area (Å²) in [6, 6.07) is 4.10. The summed E-state index contributed by atoms with van der Waals surface area (Å²) in [6.07, 6.45) is 0. The van der Waals surface area contributed by atoms with Gasteiger partial charge in [-0.3, -0.25) is 4.90 Å². The molecule has 0 saturated carbocycles. The highest BCUT2D eigenvalue weighted by Gasteiger charge is 2.37. The van der Waals surface area contributed by atoms with Crippen molar-refractivity contribution in [3.05, 3.63) is 17.7 Å². The van der Waals surface area contributed by atoms with E-state index in [-0.39, 0.29) is 36.3 Å². The minimum absolute atomic E-state index is 0. The van der Waals surface area contributed by atoms with E-state index in [9.17, 15) is 0 Å². The van der Waals surface area contributed by atoms with Crippen molar-refractivity contribution in [1.82, 2.24) is 10.2 Å². The van der Waals surface area contributed by atoms with Gasteiger partial charge in [0.1, 0.15) is 17.2 Å². The Labute approximate surface area is 164 Å². The Morgan fingerprint density at radius 3 is 1.76 bits per heavy atom. The summed E-state index contributed by atoms with van der Waals surface area (Å²) in [5.41, 5.74) is 1.15. The lowest BCUT2D eigenvalue weighted by molar-refractivity contribution is 0.0819. The van der Waals surface area contributed by atoms with Crippen molar-refractivity contribution in [3.8, 4) is 17.2 Å². The number of piperazine rings is 1. The molecule has 0 radical (unpaired) electrons. The van der Waals surface area contributed by atoms with Crippen LogP contribution in [0.3, 0.4) is 0 Å². The average molecular weight is 395 g/mol. The summed E-state index contributed by atoms with van der Waals surface area (Å²) in [7, 11) is 5.07. The number of methoxy groups -OCH3 is 3. The maximum Gasteiger partial charge on any atom is 0.131 e. The number of rotatable bonds is 5. The van der Waals surface area contributed by atoms with Gasteiger partial charge in [-0.25, -0.2) is 0 Å². The van der Waals surface area contributed by atoms with Gasteiger partial charge in [0.25, 0.3) is 0 Å². The Bertz CT molecular complexity index is 505. The fourth-order valence-electron chi connectivity index (χ4n) is 3.41.